The number of hydrogen-bond donors (Lipinski definition) is 1. The van der Waals surface area contributed by atoms with Gasteiger partial charge in [-0.25, -0.2) is 13.5 Å². The van der Waals surface area contributed by atoms with Crippen LogP contribution in [0.1, 0.15) is 51.2 Å². The van der Waals surface area contributed by atoms with E-state index in [1.165, 1.54) is 16.5 Å². The van der Waals surface area contributed by atoms with Gasteiger partial charge >= 0.3 is 6.09 Å². The van der Waals surface area contributed by atoms with E-state index in [2.05, 4.69) is 27.8 Å². The summed E-state index contributed by atoms with van der Waals surface area (Å²) < 4.78 is 22.9. The van der Waals surface area contributed by atoms with Gasteiger partial charge in [0.05, 0.1) is 6.07 Å². The summed E-state index contributed by atoms with van der Waals surface area (Å²) in [6, 6.07) is 11.6. The molecule has 1 N–H and O–H groups in total. The predicted octanol–water partition coefficient (Wildman–Crippen LogP) is 5.28. The lowest BCUT2D eigenvalue weighted by Crippen LogP contribution is -2.55. The summed E-state index contributed by atoms with van der Waals surface area (Å²) in [7, 11) is 2.04. The molecule has 3 unspecified atom stereocenters. The third kappa shape index (κ3) is 5.38. The first-order valence-electron chi connectivity index (χ1n) is 13.0. The minimum Gasteiger partial charge on any atom is -0.444 e. The van der Waals surface area contributed by atoms with E-state index in [1.807, 2.05) is 19.2 Å². The molecule has 2 aromatic carbocycles. The molecule has 2 fully saturated rings. The van der Waals surface area contributed by atoms with Crippen LogP contribution in [0, 0.1) is 23.1 Å². The van der Waals surface area contributed by atoms with E-state index in [4.69, 9.17) is 4.74 Å². The highest BCUT2D eigenvalue weighted by Crippen LogP contribution is 2.43. The van der Waals surface area contributed by atoms with E-state index < -0.39 is 29.6 Å². The van der Waals surface area contributed by atoms with Gasteiger partial charge in [0.1, 0.15) is 23.5 Å². The molecule has 3 aliphatic rings. The standard InChI is InChI=1S/C29H33FN4O3S/c1-29(2,3)37-28(36)34-23-9-7-20(13-23)26(34)27(35)32-22(15-31)12-19-6-5-18(14-24(19)30)17-8-10-25-21(11-17)16-33(4)38-25/h5-6,8,10-11,14,20,22-23,26H,7,9,12-13,16H2,1-4H3,(H,32,35)/t20?,22-,23?,26?/m0/s1. The van der Waals surface area contributed by atoms with Gasteiger partial charge in [-0.2, -0.15) is 5.26 Å². The summed E-state index contributed by atoms with van der Waals surface area (Å²) >= 11 is 1.70. The molecule has 2 aromatic rings. The molecular formula is C29H33FN4O3S. The molecule has 4 atom stereocenters. The van der Waals surface area contributed by atoms with Crippen LogP contribution in [0.15, 0.2) is 41.3 Å². The zero-order valence-corrected chi connectivity index (χ0v) is 23.0. The Morgan fingerprint density at radius 3 is 2.66 bits per heavy atom. The van der Waals surface area contributed by atoms with Crippen molar-refractivity contribution < 1.29 is 18.7 Å². The van der Waals surface area contributed by atoms with Crippen LogP contribution in [0.4, 0.5) is 9.18 Å². The number of nitrogens with zero attached hydrogens (tertiary/aromatic N) is 3. The Morgan fingerprint density at radius 1 is 1.21 bits per heavy atom. The average Bonchev–Trinajstić information content (AvgIpc) is 3.56. The number of fused-ring (bicyclic) bond motifs is 3. The molecule has 1 saturated heterocycles. The predicted molar refractivity (Wildman–Crippen MR) is 143 cm³/mol. The molecule has 2 heterocycles. The van der Waals surface area contributed by atoms with Crippen molar-refractivity contribution >= 4 is 23.9 Å². The molecule has 1 saturated carbocycles. The maximum atomic E-state index is 15.2. The number of nitrogens with one attached hydrogen (secondary N) is 1. The molecule has 0 spiro atoms. The van der Waals surface area contributed by atoms with Crippen molar-refractivity contribution in [3.8, 4) is 17.2 Å². The molecule has 1 aliphatic carbocycles. The van der Waals surface area contributed by atoms with Gasteiger partial charge < -0.3 is 10.1 Å². The molecule has 7 nitrogen and oxygen atoms in total. The Balaban J connectivity index is 1.27. The van der Waals surface area contributed by atoms with Crippen molar-refractivity contribution in [2.24, 2.45) is 5.92 Å². The SMILES string of the molecule is CN1Cc2cc(-c3ccc(C[C@@H](C#N)NC(=O)C4C5CCC(C5)N4C(=O)OC(C)(C)C)c(F)c3)ccc2S1. The summed E-state index contributed by atoms with van der Waals surface area (Å²) in [5.41, 5.74) is 2.60. The first-order chi connectivity index (χ1) is 18.0. The number of likely N-dealkylation sites (tertiary alicyclic amines) is 1. The fourth-order valence-corrected chi connectivity index (χ4v) is 6.72. The van der Waals surface area contributed by atoms with Crippen LogP contribution < -0.4 is 5.32 Å². The molecule has 38 heavy (non-hydrogen) atoms. The smallest absolute Gasteiger partial charge is 0.411 e. The van der Waals surface area contributed by atoms with Crippen LogP contribution in [0.25, 0.3) is 11.1 Å². The number of carbonyl (C=O) groups excluding carboxylic acids is 2. The number of piperidine rings is 1. The first kappa shape index (κ1) is 26.5. The minimum absolute atomic E-state index is 0.0330. The third-order valence-electron chi connectivity index (χ3n) is 7.45. The number of rotatable bonds is 5. The van der Waals surface area contributed by atoms with E-state index in [0.29, 0.717) is 5.56 Å². The van der Waals surface area contributed by atoms with Crippen molar-refractivity contribution in [2.45, 2.75) is 81.6 Å². The lowest BCUT2D eigenvalue weighted by molar-refractivity contribution is -0.128. The molecule has 0 aromatic heterocycles. The number of nitriles is 1. The van der Waals surface area contributed by atoms with Crippen LogP contribution in [-0.2, 0) is 22.5 Å². The van der Waals surface area contributed by atoms with E-state index in [0.717, 1.165) is 36.9 Å². The lowest BCUT2D eigenvalue weighted by Gasteiger charge is -2.35. The minimum atomic E-state index is -0.921. The third-order valence-corrected chi connectivity index (χ3v) is 8.48. The summed E-state index contributed by atoms with van der Waals surface area (Å²) in [6.07, 6.45) is 1.98. The van der Waals surface area contributed by atoms with E-state index in [-0.39, 0.29) is 24.3 Å². The van der Waals surface area contributed by atoms with Gasteiger partial charge in [0, 0.05) is 23.9 Å². The number of benzene rings is 2. The summed E-state index contributed by atoms with van der Waals surface area (Å²) in [5.74, 6) is -0.764. The van der Waals surface area contributed by atoms with Crippen LogP contribution in [0.3, 0.4) is 0 Å². The highest BCUT2D eigenvalue weighted by Gasteiger charge is 2.52. The van der Waals surface area contributed by atoms with Gasteiger partial charge in [0.25, 0.3) is 0 Å². The molecule has 9 heteroatoms. The Bertz CT molecular complexity index is 1300. The Hall–Kier alpha value is -3.09. The normalized spacial score (nSPS) is 23.2. The largest absolute Gasteiger partial charge is 0.444 e. The number of carbonyl (C=O) groups is 2. The van der Waals surface area contributed by atoms with E-state index in [1.54, 1.807) is 43.7 Å². The van der Waals surface area contributed by atoms with Crippen LogP contribution in [-0.4, -0.2) is 52.0 Å². The molecular weight excluding hydrogens is 503 g/mol. The number of halogens is 1. The van der Waals surface area contributed by atoms with Gasteiger partial charge in [0.2, 0.25) is 5.91 Å². The maximum Gasteiger partial charge on any atom is 0.411 e. The fraction of sp³-hybridized carbons (Fsp3) is 0.483. The molecule has 0 radical (unpaired) electrons. The molecule has 2 amide bonds. The fourth-order valence-electron chi connectivity index (χ4n) is 5.81. The van der Waals surface area contributed by atoms with Gasteiger partial charge in [-0.3, -0.25) is 9.69 Å². The van der Waals surface area contributed by atoms with Crippen LogP contribution in [0.2, 0.25) is 0 Å². The van der Waals surface area contributed by atoms with Gasteiger partial charge in [-0.15, -0.1) is 0 Å². The van der Waals surface area contributed by atoms with Crippen molar-refractivity contribution in [1.82, 2.24) is 14.5 Å². The number of amides is 2. The Morgan fingerprint density at radius 2 is 1.95 bits per heavy atom. The summed E-state index contributed by atoms with van der Waals surface area (Å²) in [4.78, 5) is 29.0. The molecule has 2 bridgehead atoms. The van der Waals surface area contributed by atoms with Gasteiger partial charge in [-0.1, -0.05) is 18.2 Å². The van der Waals surface area contributed by atoms with Gasteiger partial charge in [0.15, 0.2) is 0 Å². The highest BCUT2D eigenvalue weighted by atomic mass is 32.2. The van der Waals surface area contributed by atoms with Crippen LogP contribution >= 0.6 is 11.9 Å². The highest BCUT2D eigenvalue weighted by molar-refractivity contribution is 7.97. The summed E-state index contributed by atoms with van der Waals surface area (Å²) in [6.45, 7) is 6.22. The van der Waals surface area contributed by atoms with Crippen molar-refractivity contribution in [1.29, 1.82) is 5.26 Å². The topological polar surface area (TPSA) is 85.7 Å². The monoisotopic (exact) mass is 536 g/mol. The first-order valence-corrected chi connectivity index (χ1v) is 13.8. The molecule has 5 rings (SSSR count). The zero-order chi connectivity index (χ0) is 27.2. The van der Waals surface area contributed by atoms with Crippen molar-refractivity contribution in [2.75, 3.05) is 7.05 Å². The second kappa shape index (κ2) is 10.2. The quantitative estimate of drug-likeness (QED) is 0.523. The second-order valence-electron chi connectivity index (χ2n) is 11.5. The number of hydrogen-bond acceptors (Lipinski definition) is 6. The zero-order valence-electron chi connectivity index (χ0n) is 22.2. The van der Waals surface area contributed by atoms with E-state index in [9.17, 15) is 14.9 Å². The molecule has 2 aliphatic heterocycles. The van der Waals surface area contributed by atoms with Crippen LogP contribution in [0.5, 0.6) is 0 Å². The maximum absolute atomic E-state index is 15.2. The van der Waals surface area contributed by atoms with Crippen molar-refractivity contribution in [3.63, 3.8) is 0 Å². The second-order valence-corrected chi connectivity index (χ2v) is 12.7. The van der Waals surface area contributed by atoms with Gasteiger partial charge in [-0.05, 0) is 105 Å². The summed E-state index contributed by atoms with van der Waals surface area (Å²) in [5, 5.41) is 12.5. The average molecular weight is 537 g/mol. The Kier molecular flexibility index (Phi) is 7.14. The number of ether oxygens (including phenoxy) is 1. The van der Waals surface area contributed by atoms with Crippen molar-refractivity contribution in [3.05, 3.63) is 53.3 Å². The lowest BCUT2D eigenvalue weighted by atomic mass is 9.96. The Labute approximate surface area is 227 Å². The van der Waals surface area contributed by atoms with E-state index >= 15 is 4.39 Å². The molecule has 200 valence electrons.